The minimum absolute atomic E-state index is 0.239. The van der Waals surface area contributed by atoms with Crippen molar-refractivity contribution in [3.63, 3.8) is 0 Å². The zero-order valence-electron chi connectivity index (χ0n) is 15.9. The summed E-state index contributed by atoms with van der Waals surface area (Å²) in [5.74, 6) is 0.121. The molecule has 29 heavy (non-hydrogen) atoms. The first-order valence-electron chi connectivity index (χ1n) is 10.0. The fourth-order valence-electron chi connectivity index (χ4n) is 4.48. The van der Waals surface area contributed by atoms with Gasteiger partial charge in [0.2, 0.25) is 0 Å². The minimum Gasteiger partial charge on any atom is -0.312 e. The molecule has 0 amide bonds. The summed E-state index contributed by atoms with van der Waals surface area (Å²) in [6.45, 7) is 0. The van der Waals surface area contributed by atoms with Gasteiger partial charge in [-0.1, -0.05) is 49.6 Å². The lowest BCUT2D eigenvalue weighted by atomic mass is 9.80. The molecular weight excluding hydrogens is 367 g/mol. The van der Waals surface area contributed by atoms with Crippen LogP contribution in [0.25, 0.3) is 27.8 Å². The van der Waals surface area contributed by atoms with E-state index in [-0.39, 0.29) is 11.4 Å². The van der Waals surface area contributed by atoms with Crippen molar-refractivity contribution in [3.8, 4) is 16.8 Å². The third-order valence-corrected chi connectivity index (χ3v) is 5.86. The lowest BCUT2D eigenvalue weighted by molar-refractivity contribution is 0.444. The maximum atomic E-state index is 14.9. The van der Waals surface area contributed by atoms with Crippen molar-refractivity contribution in [2.75, 3.05) is 0 Å². The molecule has 0 bridgehead atoms. The largest absolute Gasteiger partial charge is 0.312 e. The van der Waals surface area contributed by atoms with Crippen LogP contribution in [0.15, 0.2) is 59.8 Å². The number of aromatic nitrogens is 4. The van der Waals surface area contributed by atoms with Gasteiger partial charge in [0.1, 0.15) is 11.2 Å². The Labute approximate surface area is 167 Å². The molecule has 2 aromatic carbocycles. The molecule has 1 aliphatic carbocycles. The fraction of sp³-hybridized carbons (Fsp3) is 0.261. The van der Waals surface area contributed by atoms with E-state index in [2.05, 4.69) is 21.1 Å². The van der Waals surface area contributed by atoms with Crippen molar-refractivity contribution < 1.29 is 4.39 Å². The van der Waals surface area contributed by atoms with Crippen molar-refractivity contribution in [2.24, 2.45) is 0 Å². The quantitative estimate of drug-likeness (QED) is 0.539. The van der Waals surface area contributed by atoms with Gasteiger partial charge in [-0.2, -0.15) is 5.10 Å². The number of H-pyrrole nitrogens is 1. The van der Waals surface area contributed by atoms with Crippen LogP contribution >= 0.6 is 0 Å². The van der Waals surface area contributed by atoms with E-state index in [1.54, 1.807) is 10.7 Å². The third kappa shape index (κ3) is 3.05. The van der Waals surface area contributed by atoms with E-state index in [1.165, 1.54) is 37.9 Å². The van der Waals surface area contributed by atoms with Crippen LogP contribution in [0.5, 0.6) is 0 Å². The second-order valence-electron chi connectivity index (χ2n) is 7.58. The Bertz CT molecular complexity index is 1240. The van der Waals surface area contributed by atoms with E-state index in [0.717, 1.165) is 29.7 Å². The highest BCUT2D eigenvalue weighted by Gasteiger charge is 2.24. The van der Waals surface area contributed by atoms with Crippen molar-refractivity contribution in [1.82, 2.24) is 19.7 Å². The summed E-state index contributed by atoms with van der Waals surface area (Å²) < 4.78 is 16.6. The maximum absolute atomic E-state index is 14.9. The summed E-state index contributed by atoms with van der Waals surface area (Å²) in [5.41, 5.74) is 3.50. The SMILES string of the molecule is O=c1[nH]cnc2c1cnn2-c1cccc(C2CCCCC2)c1-c1ccccc1F. The molecule has 0 aliphatic heterocycles. The third-order valence-electron chi connectivity index (χ3n) is 5.86. The zero-order chi connectivity index (χ0) is 19.8. The van der Waals surface area contributed by atoms with E-state index < -0.39 is 0 Å². The van der Waals surface area contributed by atoms with Crippen LogP contribution in [0.3, 0.4) is 0 Å². The monoisotopic (exact) mass is 388 g/mol. The number of hydrogen-bond acceptors (Lipinski definition) is 3. The molecule has 146 valence electrons. The standard InChI is InChI=1S/C23H21FN4O/c24-19-11-5-4-9-17(19)21-16(15-7-2-1-3-8-15)10-6-12-20(21)28-22-18(13-27-28)23(29)26-14-25-22/h4-6,9-15H,1-3,7-8H2,(H,25,26,29). The molecule has 0 atom stereocenters. The predicted octanol–water partition coefficient (Wildman–Crippen LogP) is 4.96. The number of aromatic amines is 1. The number of nitrogens with zero attached hydrogens (tertiary/aromatic N) is 3. The van der Waals surface area contributed by atoms with Gasteiger partial charge in [-0.25, -0.2) is 14.1 Å². The van der Waals surface area contributed by atoms with Crippen molar-refractivity contribution in [1.29, 1.82) is 0 Å². The van der Waals surface area contributed by atoms with Crippen LogP contribution in [0.1, 0.15) is 43.6 Å². The van der Waals surface area contributed by atoms with E-state index in [4.69, 9.17) is 0 Å². The molecule has 1 fully saturated rings. The van der Waals surface area contributed by atoms with Gasteiger partial charge < -0.3 is 4.98 Å². The van der Waals surface area contributed by atoms with Crippen LogP contribution in [0.4, 0.5) is 4.39 Å². The highest BCUT2D eigenvalue weighted by molar-refractivity contribution is 5.82. The second kappa shape index (κ2) is 7.28. The van der Waals surface area contributed by atoms with Crippen LogP contribution < -0.4 is 5.56 Å². The Morgan fingerprint density at radius 2 is 1.86 bits per heavy atom. The van der Waals surface area contributed by atoms with Crippen molar-refractivity contribution >= 4 is 11.0 Å². The number of nitrogens with one attached hydrogen (secondary N) is 1. The molecule has 0 saturated heterocycles. The Kier molecular flexibility index (Phi) is 4.46. The minimum atomic E-state index is -0.265. The van der Waals surface area contributed by atoms with E-state index in [9.17, 15) is 9.18 Å². The van der Waals surface area contributed by atoms with E-state index in [1.807, 2.05) is 24.3 Å². The molecule has 2 aromatic heterocycles. The molecule has 5 nitrogen and oxygen atoms in total. The van der Waals surface area contributed by atoms with Crippen molar-refractivity contribution in [3.05, 3.63) is 76.7 Å². The first-order chi connectivity index (χ1) is 14.2. The number of rotatable bonds is 3. The smallest absolute Gasteiger partial charge is 0.261 e. The van der Waals surface area contributed by atoms with Gasteiger partial charge in [0.15, 0.2) is 5.65 Å². The van der Waals surface area contributed by atoms with Crippen molar-refractivity contribution in [2.45, 2.75) is 38.0 Å². The number of fused-ring (bicyclic) bond motifs is 1. The van der Waals surface area contributed by atoms with Gasteiger partial charge in [-0.15, -0.1) is 0 Å². The molecule has 1 aliphatic rings. The average Bonchev–Trinajstić information content (AvgIpc) is 3.20. The second-order valence-corrected chi connectivity index (χ2v) is 7.58. The Morgan fingerprint density at radius 3 is 2.69 bits per heavy atom. The summed E-state index contributed by atoms with van der Waals surface area (Å²) in [4.78, 5) is 19.0. The average molecular weight is 388 g/mol. The summed E-state index contributed by atoms with van der Waals surface area (Å²) in [6.07, 6.45) is 8.71. The molecular formula is C23H21FN4O. The van der Waals surface area contributed by atoms with Gasteiger partial charge in [-0.3, -0.25) is 4.79 Å². The van der Waals surface area contributed by atoms with Crippen LogP contribution in [0, 0.1) is 5.82 Å². The van der Waals surface area contributed by atoms with Gasteiger partial charge in [-0.05, 0) is 36.5 Å². The molecule has 0 radical (unpaired) electrons. The van der Waals surface area contributed by atoms with E-state index >= 15 is 0 Å². The lowest BCUT2D eigenvalue weighted by Crippen LogP contribution is -2.10. The van der Waals surface area contributed by atoms with Crippen LogP contribution in [0.2, 0.25) is 0 Å². The Balaban J connectivity index is 1.80. The predicted molar refractivity (Wildman–Crippen MR) is 111 cm³/mol. The van der Waals surface area contributed by atoms with Crippen LogP contribution in [-0.2, 0) is 0 Å². The first-order valence-corrected chi connectivity index (χ1v) is 10.0. The van der Waals surface area contributed by atoms with Gasteiger partial charge >= 0.3 is 0 Å². The highest BCUT2D eigenvalue weighted by Crippen LogP contribution is 2.41. The van der Waals surface area contributed by atoms with Gasteiger partial charge in [0.25, 0.3) is 5.56 Å². The topological polar surface area (TPSA) is 63.6 Å². The molecule has 0 unspecified atom stereocenters. The lowest BCUT2D eigenvalue weighted by Gasteiger charge is -2.26. The summed E-state index contributed by atoms with van der Waals surface area (Å²) >= 11 is 0. The number of hydrogen-bond donors (Lipinski definition) is 1. The zero-order valence-corrected chi connectivity index (χ0v) is 15.9. The highest BCUT2D eigenvalue weighted by atomic mass is 19.1. The summed E-state index contributed by atoms with van der Waals surface area (Å²) in [6, 6.07) is 12.9. The summed E-state index contributed by atoms with van der Waals surface area (Å²) in [5, 5.41) is 4.85. The molecule has 1 N–H and O–H groups in total. The maximum Gasteiger partial charge on any atom is 0.261 e. The van der Waals surface area contributed by atoms with Gasteiger partial charge in [0.05, 0.1) is 18.2 Å². The number of benzene rings is 2. The molecule has 1 saturated carbocycles. The molecule has 2 heterocycles. The number of halogens is 1. The normalized spacial score (nSPS) is 15.1. The molecule has 5 rings (SSSR count). The molecule has 6 heteroatoms. The molecule has 4 aromatic rings. The van der Waals surface area contributed by atoms with Gasteiger partial charge in [0, 0.05) is 11.1 Å². The first kappa shape index (κ1) is 17.8. The van der Waals surface area contributed by atoms with E-state index in [0.29, 0.717) is 22.5 Å². The molecule has 0 spiro atoms. The Hall–Kier alpha value is -3.28. The summed E-state index contributed by atoms with van der Waals surface area (Å²) in [7, 11) is 0. The fourth-order valence-corrected chi connectivity index (χ4v) is 4.48. The Morgan fingerprint density at radius 1 is 1.03 bits per heavy atom. The van der Waals surface area contributed by atoms with Crippen LogP contribution in [-0.4, -0.2) is 19.7 Å².